The van der Waals surface area contributed by atoms with Crippen molar-refractivity contribution in [2.24, 2.45) is 50.2 Å². The number of ether oxygens (including phenoxy) is 6. The van der Waals surface area contributed by atoms with E-state index in [9.17, 15) is 65.4 Å². The number of aliphatic hydroxyl groups is 8. The van der Waals surface area contributed by atoms with Gasteiger partial charge in [0, 0.05) is 0 Å². The smallest absolute Gasteiger partial charge is 0.335 e. The molecular formula is C47H72O19. The second-order valence-electron chi connectivity index (χ2n) is 22.7. The van der Waals surface area contributed by atoms with Gasteiger partial charge in [0.2, 0.25) is 0 Å². The standard InChI is InChI=1S/C47H72O19/c1-42(2)13-15-47(41(59)60)16-14-45(5)21(22(47)17-42)7-8-26-43(3)11-10-27(44(4,20-49)25(43)9-12-46(26,45)6)63-40-36(66-39-32(55)30(53)29(52)24(18-48)62-39)34(33(56)35(65-40)37(57)58)64-38-31(54)28(51)23(50)19-61-38/h7,20,22-36,38-40,48,50-56H,8-19H2,1-6H3,(H,57,58)(H,59,60)/t22?,23-,24-,25?,26?,27?,28+,29+,30+,31-,32-,33+,34+,35+,36-,38+,39+,40-,43?,44?,45-,46?,47?/m1/s1. The minimum absolute atomic E-state index is 0.000855. The number of hydrogen-bond donors (Lipinski definition) is 10. The molecule has 10 N–H and O–H groups in total. The molecule has 0 aromatic carbocycles. The molecule has 23 atom stereocenters. The van der Waals surface area contributed by atoms with Crippen molar-refractivity contribution in [2.45, 2.75) is 198 Å². The largest absolute Gasteiger partial charge is 0.481 e. The van der Waals surface area contributed by atoms with Crippen LogP contribution in [0.25, 0.3) is 0 Å². The van der Waals surface area contributed by atoms with Crippen LogP contribution < -0.4 is 0 Å². The number of fused-ring (bicyclic) bond motifs is 7. The van der Waals surface area contributed by atoms with Crippen LogP contribution in [0.5, 0.6) is 0 Å². The van der Waals surface area contributed by atoms with Gasteiger partial charge < -0.3 is 84.3 Å². The fourth-order valence-corrected chi connectivity index (χ4v) is 14.7. The first-order chi connectivity index (χ1) is 30.8. The third kappa shape index (κ3) is 7.65. The predicted octanol–water partition coefficient (Wildman–Crippen LogP) is 0.617. The minimum Gasteiger partial charge on any atom is -0.481 e. The van der Waals surface area contributed by atoms with Gasteiger partial charge in [0.15, 0.2) is 25.0 Å². The monoisotopic (exact) mass is 940 g/mol. The summed E-state index contributed by atoms with van der Waals surface area (Å²) < 4.78 is 35.9. The Kier molecular flexibility index (Phi) is 13.4. The highest BCUT2D eigenvalue weighted by atomic mass is 16.8. The first kappa shape index (κ1) is 50.2. The van der Waals surface area contributed by atoms with Crippen LogP contribution in [-0.4, -0.2) is 175 Å². The van der Waals surface area contributed by atoms with E-state index in [2.05, 4.69) is 40.7 Å². The molecule has 4 saturated carbocycles. The number of rotatable bonds is 10. The zero-order chi connectivity index (χ0) is 48.3. The van der Waals surface area contributed by atoms with E-state index in [-0.39, 0.29) is 40.4 Å². The van der Waals surface area contributed by atoms with Crippen LogP contribution in [0, 0.1) is 50.2 Å². The molecule has 7 fully saturated rings. The second kappa shape index (κ2) is 17.6. The molecule has 19 nitrogen and oxygen atoms in total. The molecule has 3 saturated heterocycles. The van der Waals surface area contributed by atoms with Crippen LogP contribution in [0.1, 0.15) is 106 Å². The molecule has 0 bridgehead atoms. The molecule has 8 rings (SSSR count). The van der Waals surface area contributed by atoms with Crippen LogP contribution in [0.15, 0.2) is 11.6 Å². The van der Waals surface area contributed by atoms with Crippen molar-refractivity contribution in [3.63, 3.8) is 0 Å². The van der Waals surface area contributed by atoms with Gasteiger partial charge in [-0.1, -0.05) is 53.2 Å². The Bertz CT molecular complexity index is 1880. The number of carbonyl (C=O) groups is 3. The van der Waals surface area contributed by atoms with Crippen molar-refractivity contribution in [2.75, 3.05) is 13.2 Å². The number of carboxylic acid groups (broad SMARTS) is 2. The summed E-state index contributed by atoms with van der Waals surface area (Å²) in [5.74, 6) is -2.62. The highest BCUT2D eigenvalue weighted by Gasteiger charge is 2.70. The fraction of sp³-hybridized carbons (Fsp3) is 0.894. The molecule has 8 aliphatic rings. The number of hydrogen-bond acceptors (Lipinski definition) is 17. The lowest BCUT2D eigenvalue weighted by molar-refractivity contribution is -0.391. The summed E-state index contributed by atoms with van der Waals surface area (Å²) in [5.41, 5.74) is -1.72. The second-order valence-corrected chi connectivity index (χ2v) is 22.7. The van der Waals surface area contributed by atoms with Crippen LogP contribution in [-0.2, 0) is 42.8 Å². The maximum absolute atomic E-state index is 13.8. The van der Waals surface area contributed by atoms with E-state index in [1.807, 2.05) is 0 Å². The molecule has 66 heavy (non-hydrogen) atoms. The van der Waals surface area contributed by atoms with Crippen molar-refractivity contribution in [1.82, 2.24) is 0 Å². The van der Waals surface area contributed by atoms with Crippen molar-refractivity contribution >= 4 is 18.2 Å². The third-order valence-corrected chi connectivity index (χ3v) is 18.9. The molecule has 0 amide bonds. The Morgan fingerprint density at radius 1 is 0.727 bits per heavy atom. The SMILES string of the molecule is CC1(C)CCC2(C(=O)O)CC[C@]3(C)C(=CCC4C5(C)CCC(O[C@@H]6O[C@H](C(=O)O)[C@@H](O)[C@H](O[C@@H]7OC[C@@H](O)[C@H](O)[C@H]7O)[C@H]6O[C@@H]6O[C@H](CO)[C@H](O)[C@H](O)[C@H]6O)C(C)(C=O)C5CCC43C)C2C1. The van der Waals surface area contributed by atoms with Gasteiger partial charge in [0.1, 0.15) is 67.3 Å². The van der Waals surface area contributed by atoms with E-state index in [4.69, 9.17) is 28.4 Å². The molecule has 3 aliphatic heterocycles. The summed E-state index contributed by atoms with van der Waals surface area (Å²) in [5, 5.41) is 106. The summed E-state index contributed by atoms with van der Waals surface area (Å²) >= 11 is 0. The minimum atomic E-state index is -2.12. The van der Waals surface area contributed by atoms with E-state index < -0.39 is 134 Å². The Morgan fingerprint density at radius 2 is 1.39 bits per heavy atom. The quantitative estimate of drug-likeness (QED) is 0.0815. The normalized spacial score (nSPS) is 53.5. The van der Waals surface area contributed by atoms with Gasteiger partial charge in [-0.15, -0.1) is 0 Å². The Morgan fingerprint density at radius 3 is 2.05 bits per heavy atom. The van der Waals surface area contributed by atoms with Crippen molar-refractivity contribution in [1.29, 1.82) is 0 Å². The van der Waals surface area contributed by atoms with Crippen LogP contribution in [0.4, 0.5) is 0 Å². The topological polar surface area (TPSA) is 309 Å². The Balaban J connectivity index is 1.12. The lowest BCUT2D eigenvalue weighted by Gasteiger charge is -2.71. The van der Waals surface area contributed by atoms with E-state index in [1.165, 1.54) is 5.57 Å². The lowest BCUT2D eigenvalue weighted by Crippen LogP contribution is -2.68. The van der Waals surface area contributed by atoms with Crippen LogP contribution in [0.2, 0.25) is 0 Å². The summed E-state index contributed by atoms with van der Waals surface area (Å²) in [6.07, 6.45) is -17.0. The van der Waals surface area contributed by atoms with Gasteiger partial charge in [0.05, 0.1) is 30.1 Å². The number of carboxylic acids is 2. The van der Waals surface area contributed by atoms with E-state index in [1.54, 1.807) is 6.92 Å². The molecular weight excluding hydrogens is 868 g/mol. The third-order valence-electron chi connectivity index (χ3n) is 18.9. The molecule has 0 aromatic heterocycles. The molecule has 0 radical (unpaired) electrons. The molecule has 0 spiro atoms. The van der Waals surface area contributed by atoms with Gasteiger partial charge in [-0.2, -0.15) is 0 Å². The van der Waals surface area contributed by atoms with E-state index >= 15 is 0 Å². The zero-order valence-electron chi connectivity index (χ0n) is 38.7. The van der Waals surface area contributed by atoms with Crippen LogP contribution >= 0.6 is 0 Å². The molecule has 374 valence electrons. The van der Waals surface area contributed by atoms with Crippen molar-refractivity contribution in [3.8, 4) is 0 Å². The molecule has 19 heteroatoms. The lowest BCUT2D eigenvalue weighted by atomic mass is 9.33. The number of aliphatic carboxylic acids is 2. The fourth-order valence-electron chi connectivity index (χ4n) is 14.7. The first-order valence-electron chi connectivity index (χ1n) is 23.7. The van der Waals surface area contributed by atoms with Gasteiger partial charge >= 0.3 is 11.9 Å². The zero-order valence-corrected chi connectivity index (χ0v) is 38.7. The summed E-state index contributed by atoms with van der Waals surface area (Å²) in [6.45, 7) is 11.8. The maximum Gasteiger partial charge on any atom is 0.335 e. The number of aldehydes is 1. The molecule has 0 aromatic rings. The van der Waals surface area contributed by atoms with E-state index in [0.29, 0.717) is 32.1 Å². The average Bonchev–Trinajstić information content (AvgIpc) is 3.26. The number of aliphatic hydroxyl groups excluding tert-OH is 8. The first-order valence-corrected chi connectivity index (χ1v) is 23.7. The molecule has 3 heterocycles. The Labute approximate surface area is 384 Å². The van der Waals surface area contributed by atoms with Gasteiger partial charge in [-0.05, 0) is 104 Å². The maximum atomic E-state index is 13.8. The highest BCUT2D eigenvalue weighted by Crippen LogP contribution is 2.76. The summed E-state index contributed by atoms with van der Waals surface area (Å²) in [4.78, 5) is 39.7. The van der Waals surface area contributed by atoms with Crippen molar-refractivity contribution < 1.29 is 93.9 Å². The van der Waals surface area contributed by atoms with Gasteiger partial charge in [-0.25, -0.2) is 4.79 Å². The van der Waals surface area contributed by atoms with Gasteiger partial charge in [-0.3, -0.25) is 4.79 Å². The predicted molar refractivity (Wildman–Crippen MR) is 226 cm³/mol. The molecule has 5 aliphatic carbocycles. The van der Waals surface area contributed by atoms with Crippen LogP contribution in [0.3, 0.4) is 0 Å². The average molecular weight is 941 g/mol. The van der Waals surface area contributed by atoms with Gasteiger partial charge in [0.25, 0.3) is 0 Å². The molecule has 8 unspecified atom stereocenters. The van der Waals surface area contributed by atoms with Crippen molar-refractivity contribution in [3.05, 3.63) is 11.6 Å². The summed E-state index contributed by atoms with van der Waals surface area (Å²) in [6, 6.07) is 0. The number of allylic oxidation sites excluding steroid dienone is 2. The summed E-state index contributed by atoms with van der Waals surface area (Å²) in [7, 11) is 0. The number of carbonyl (C=O) groups excluding carboxylic acids is 1. The highest BCUT2D eigenvalue weighted by molar-refractivity contribution is 5.77. The van der Waals surface area contributed by atoms with E-state index in [0.717, 1.165) is 32.0 Å². The Hall–Kier alpha value is -2.21.